The van der Waals surface area contributed by atoms with E-state index in [4.69, 9.17) is 4.74 Å². The lowest BCUT2D eigenvalue weighted by Crippen LogP contribution is -2.26. The fraction of sp³-hybridized carbons (Fsp3) is 0.938. The number of rotatable bonds is 9. The molecule has 0 N–H and O–H groups in total. The molecule has 0 saturated heterocycles. The van der Waals surface area contributed by atoms with E-state index in [9.17, 15) is 4.79 Å². The summed E-state index contributed by atoms with van der Waals surface area (Å²) in [5.41, 5.74) is 0. The fourth-order valence-electron chi connectivity index (χ4n) is 2.27. The minimum absolute atomic E-state index is 0.00764. The van der Waals surface area contributed by atoms with Crippen molar-refractivity contribution >= 4 is 5.97 Å². The van der Waals surface area contributed by atoms with Gasteiger partial charge in [-0.2, -0.15) is 0 Å². The summed E-state index contributed by atoms with van der Waals surface area (Å²) in [4.78, 5) is 12.1. The number of carbonyl (C=O) groups excluding carboxylic acids is 1. The first-order valence-electron chi connectivity index (χ1n) is 7.58. The highest BCUT2D eigenvalue weighted by Gasteiger charge is 2.25. The van der Waals surface area contributed by atoms with Crippen LogP contribution in [-0.4, -0.2) is 12.6 Å². The van der Waals surface area contributed by atoms with Crippen LogP contribution < -0.4 is 0 Å². The number of esters is 1. The maximum absolute atomic E-state index is 12.1. The van der Waals surface area contributed by atoms with Gasteiger partial charge in [-0.1, -0.05) is 54.4 Å². The first kappa shape index (κ1) is 17.5. The summed E-state index contributed by atoms with van der Waals surface area (Å²) in [6, 6.07) is 0. The summed E-state index contributed by atoms with van der Waals surface area (Å²) in [5.74, 6) is 1.51. The van der Waals surface area contributed by atoms with Crippen LogP contribution in [0.3, 0.4) is 0 Å². The Balaban J connectivity index is 4.25. The smallest absolute Gasteiger partial charge is 0.309 e. The highest BCUT2D eigenvalue weighted by molar-refractivity contribution is 5.72. The van der Waals surface area contributed by atoms with E-state index >= 15 is 0 Å². The quantitative estimate of drug-likeness (QED) is 0.560. The third-order valence-corrected chi connectivity index (χ3v) is 3.57. The van der Waals surface area contributed by atoms with E-state index in [0.29, 0.717) is 24.4 Å². The van der Waals surface area contributed by atoms with Gasteiger partial charge in [-0.3, -0.25) is 4.79 Å². The second-order valence-corrected chi connectivity index (χ2v) is 6.17. The highest BCUT2D eigenvalue weighted by atomic mass is 16.5. The van der Waals surface area contributed by atoms with Crippen LogP contribution in [0.25, 0.3) is 0 Å². The standard InChI is InChI=1S/C16H32O2/c1-7-9-14(8-2)11-18-16(17)15(13(5)6)10-12(3)4/h12-15H,7-11H2,1-6H3. The third kappa shape index (κ3) is 7.03. The van der Waals surface area contributed by atoms with Gasteiger partial charge in [0, 0.05) is 0 Å². The Labute approximate surface area is 113 Å². The van der Waals surface area contributed by atoms with Gasteiger partial charge in [0.15, 0.2) is 0 Å². The van der Waals surface area contributed by atoms with Crippen LogP contribution in [0, 0.1) is 23.7 Å². The maximum atomic E-state index is 12.1. The average Bonchev–Trinajstić information content (AvgIpc) is 2.30. The molecule has 0 aliphatic rings. The lowest BCUT2D eigenvalue weighted by atomic mass is 9.88. The summed E-state index contributed by atoms with van der Waals surface area (Å²) in [5, 5.41) is 0. The van der Waals surface area contributed by atoms with E-state index in [1.165, 1.54) is 0 Å². The van der Waals surface area contributed by atoms with Crippen molar-refractivity contribution in [1.82, 2.24) is 0 Å². The lowest BCUT2D eigenvalue weighted by Gasteiger charge is -2.22. The molecule has 0 fully saturated rings. The van der Waals surface area contributed by atoms with Crippen molar-refractivity contribution in [2.24, 2.45) is 23.7 Å². The van der Waals surface area contributed by atoms with Gasteiger partial charge < -0.3 is 4.74 Å². The van der Waals surface area contributed by atoms with Crippen LogP contribution >= 0.6 is 0 Å². The van der Waals surface area contributed by atoms with E-state index in [0.717, 1.165) is 25.7 Å². The molecule has 0 saturated carbocycles. The molecule has 18 heavy (non-hydrogen) atoms. The predicted octanol–water partition coefficient (Wildman–Crippen LogP) is 4.67. The molecule has 0 aliphatic heterocycles. The summed E-state index contributed by atoms with van der Waals surface area (Å²) >= 11 is 0. The van der Waals surface area contributed by atoms with Gasteiger partial charge in [-0.25, -0.2) is 0 Å². The van der Waals surface area contributed by atoms with Gasteiger partial charge in [-0.15, -0.1) is 0 Å². The fourth-order valence-corrected chi connectivity index (χ4v) is 2.27. The zero-order chi connectivity index (χ0) is 14.1. The number of carbonyl (C=O) groups is 1. The van der Waals surface area contributed by atoms with Crippen molar-refractivity contribution < 1.29 is 9.53 Å². The second-order valence-electron chi connectivity index (χ2n) is 6.17. The topological polar surface area (TPSA) is 26.3 Å². The maximum Gasteiger partial charge on any atom is 0.309 e. The Kier molecular flexibility index (Phi) is 9.13. The molecule has 0 spiro atoms. The lowest BCUT2D eigenvalue weighted by molar-refractivity contribution is -0.152. The van der Waals surface area contributed by atoms with E-state index in [-0.39, 0.29) is 11.9 Å². The summed E-state index contributed by atoms with van der Waals surface area (Å²) in [7, 11) is 0. The second kappa shape index (κ2) is 9.41. The van der Waals surface area contributed by atoms with Gasteiger partial charge in [0.05, 0.1) is 12.5 Å². The van der Waals surface area contributed by atoms with Gasteiger partial charge in [-0.05, 0) is 30.6 Å². The predicted molar refractivity (Wildman–Crippen MR) is 77.4 cm³/mol. The zero-order valence-corrected chi connectivity index (χ0v) is 13.2. The Morgan fingerprint density at radius 2 is 1.72 bits per heavy atom. The molecular weight excluding hydrogens is 224 g/mol. The van der Waals surface area contributed by atoms with Gasteiger partial charge >= 0.3 is 5.97 Å². The van der Waals surface area contributed by atoms with Crippen LogP contribution in [0.1, 0.15) is 67.2 Å². The molecule has 0 aromatic heterocycles. The van der Waals surface area contributed by atoms with Crippen LogP contribution in [0.2, 0.25) is 0 Å². The molecule has 2 heteroatoms. The molecule has 2 unspecified atom stereocenters. The molecule has 2 nitrogen and oxygen atoms in total. The Morgan fingerprint density at radius 3 is 2.11 bits per heavy atom. The van der Waals surface area contributed by atoms with E-state index in [1.807, 2.05) is 0 Å². The normalized spacial score (nSPS) is 14.9. The summed E-state index contributed by atoms with van der Waals surface area (Å²) in [6.07, 6.45) is 4.34. The Bertz CT molecular complexity index is 221. The molecule has 0 aromatic carbocycles. The van der Waals surface area contributed by atoms with Crippen molar-refractivity contribution in [2.45, 2.75) is 67.2 Å². The van der Waals surface area contributed by atoms with Crippen LogP contribution in [0.15, 0.2) is 0 Å². The van der Waals surface area contributed by atoms with Crippen molar-refractivity contribution in [2.75, 3.05) is 6.61 Å². The molecule has 0 amide bonds. The SMILES string of the molecule is CCCC(CC)COC(=O)C(CC(C)C)C(C)C. The van der Waals surface area contributed by atoms with Crippen molar-refractivity contribution in [3.8, 4) is 0 Å². The largest absolute Gasteiger partial charge is 0.465 e. The number of hydrogen-bond acceptors (Lipinski definition) is 2. The monoisotopic (exact) mass is 256 g/mol. The minimum Gasteiger partial charge on any atom is -0.465 e. The number of hydrogen-bond donors (Lipinski definition) is 0. The van der Waals surface area contributed by atoms with Crippen LogP contribution in [-0.2, 0) is 9.53 Å². The van der Waals surface area contributed by atoms with Crippen LogP contribution in [0.4, 0.5) is 0 Å². The minimum atomic E-state index is 0.00764. The molecule has 2 atom stereocenters. The van der Waals surface area contributed by atoms with Gasteiger partial charge in [0.2, 0.25) is 0 Å². The summed E-state index contributed by atoms with van der Waals surface area (Å²) < 4.78 is 5.53. The van der Waals surface area contributed by atoms with Gasteiger partial charge in [0.1, 0.15) is 0 Å². The molecule has 108 valence electrons. The zero-order valence-electron chi connectivity index (χ0n) is 13.2. The average molecular weight is 256 g/mol. The van der Waals surface area contributed by atoms with E-state index < -0.39 is 0 Å². The molecule has 0 heterocycles. The third-order valence-electron chi connectivity index (χ3n) is 3.57. The van der Waals surface area contributed by atoms with Crippen molar-refractivity contribution in [3.63, 3.8) is 0 Å². The Morgan fingerprint density at radius 1 is 1.11 bits per heavy atom. The first-order valence-corrected chi connectivity index (χ1v) is 7.58. The molecule has 0 aliphatic carbocycles. The van der Waals surface area contributed by atoms with Gasteiger partial charge in [0.25, 0.3) is 0 Å². The van der Waals surface area contributed by atoms with Crippen molar-refractivity contribution in [3.05, 3.63) is 0 Å². The van der Waals surface area contributed by atoms with E-state index in [1.54, 1.807) is 0 Å². The Hall–Kier alpha value is -0.530. The van der Waals surface area contributed by atoms with Crippen molar-refractivity contribution in [1.29, 1.82) is 0 Å². The molecule has 0 bridgehead atoms. The molecular formula is C16H32O2. The highest BCUT2D eigenvalue weighted by Crippen LogP contribution is 2.22. The molecule has 0 aromatic rings. The van der Waals surface area contributed by atoms with E-state index in [2.05, 4.69) is 41.5 Å². The molecule has 0 radical (unpaired) electrons. The molecule has 0 rings (SSSR count). The summed E-state index contributed by atoms with van der Waals surface area (Å²) in [6.45, 7) is 13.5. The van der Waals surface area contributed by atoms with Crippen LogP contribution in [0.5, 0.6) is 0 Å². The number of ether oxygens (including phenoxy) is 1. The first-order chi connectivity index (χ1) is 8.42.